The molecule has 1 aromatic heterocycles. The molecule has 0 saturated heterocycles. The number of carbonyl (C=O) groups excluding carboxylic acids is 2. The Morgan fingerprint density at radius 2 is 1.79 bits per heavy atom. The SMILES string of the molecule is O=C(COC(=O)c1ccc(COc2ccccc2)o1)Nc1ccc2c(c1)OCO2. The van der Waals surface area contributed by atoms with E-state index in [1.807, 2.05) is 30.3 Å². The first-order valence-electron chi connectivity index (χ1n) is 8.80. The average Bonchev–Trinajstić information content (AvgIpc) is 3.40. The van der Waals surface area contributed by atoms with Gasteiger partial charge in [0.25, 0.3) is 5.91 Å². The fourth-order valence-corrected chi connectivity index (χ4v) is 2.61. The highest BCUT2D eigenvalue weighted by atomic mass is 16.7. The van der Waals surface area contributed by atoms with Crippen molar-refractivity contribution in [2.24, 2.45) is 0 Å². The third-order valence-electron chi connectivity index (χ3n) is 3.98. The molecule has 1 N–H and O–H groups in total. The molecule has 0 radical (unpaired) electrons. The van der Waals surface area contributed by atoms with Crippen molar-refractivity contribution in [1.82, 2.24) is 0 Å². The van der Waals surface area contributed by atoms with Crippen LogP contribution in [0.25, 0.3) is 0 Å². The zero-order valence-electron chi connectivity index (χ0n) is 15.3. The average molecular weight is 395 g/mol. The predicted octanol–water partition coefficient (Wildman–Crippen LogP) is 3.38. The first-order chi connectivity index (χ1) is 14.2. The van der Waals surface area contributed by atoms with Crippen LogP contribution in [0.1, 0.15) is 16.3 Å². The Labute approximate surface area is 165 Å². The minimum atomic E-state index is -0.739. The second-order valence-electron chi connectivity index (χ2n) is 6.06. The van der Waals surface area contributed by atoms with E-state index in [1.54, 1.807) is 24.3 Å². The number of carbonyl (C=O) groups is 2. The lowest BCUT2D eigenvalue weighted by Gasteiger charge is -2.06. The number of amides is 1. The molecule has 2 heterocycles. The Morgan fingerprint density at radius 3 is 2.66 bits per heavy atom. The van der Waals surface area contributed by atoms with E-state index in [2.05, 4.69) is 5.32 Å². The lowest BCUT2D eigenvalue weighted by Crippen LogP contribution is -2.20. The summed E-state index contributed by atoms with van der Waals surface area (Å²) in [4.78, 5) is 24.1. The first-order valence-corrected chi connectivity index (χ1v) is 8.80. The zero-order chi connectivity index (χ0) is 20.1. The van der Waals surface area contributed by atoms with E-state index in [1.165, 1.54) is 6.07 Å². The molecule has 2 aromatic carbocycles. The fraction of sp³-hybridized carbons (Fsp3) is 0.143. The molecular weight excluding hydrogens is 378 g/mol. The van der Waals surface area contributed by atoms with Gasteiger partial charge in [-0.1, -0.05) is 18.2 Å². The summed E-state index contributed by atoms with van der Waals surface area (Å²) in [7, 11) is 0. The Hall–Kier alpha value is -3.94. The number of para-hydroxylation sites is 1. The minimum Gasteiger partial charge on any atom is -0.486 e. The van der Waals surface area contributed by atoms with Crippen molar-refractivity contribution >= 4 is 17.6 Å². The normalized spacial score (nSPS) is 11.7. The van der Waals surface area contributed by atoms with Gasteiger partial charge in [0, 0.05) is 11.8 Å². The molecule has 0 atom stereocenters. The molecule has 8 nitrogen and oxygen atoms in total. The van der Waals surface area contributed by atoms with Gasteiger partial charge >= 0.3 is 5.97 Å². The van der Waals surface area contributed by atoms with Crippen LogP contribution in [0.3, 0.4) is 0 Å². The standard InChI is InChI=1S/C21H17NO7/c23-20(22-14-6-8-17-19(10-14)28-13-27-17)12-26-21(24)18-9-7-16(29-18)11-25-15-4-2-1-3-5-15/h1-10H,11-13H2,(H,22,23). The second-order valence-corrected chi connectivity index (χ2v) is 6.06. The van der Waals surface area contributed by atoms with Crippen molar-refractivity contribution in [2.75, 3.05) is 18.7 Å². The Kier molecular flexibility index (Phi) is 5.33. The largest absolute Gasteiger partial charge is 0.486 e. The van der Waals surface area contributed by atoms with Crippen LogP contribution in [0.15, 0.2) is 65.1 Å². The molecule has 1 aliphatic rings. The molecule has 0 unspecified atom stereocenters. The molecule has 0 spiro atoms. The van der Waals surface area contributed by atoms with Crippen LogP contribution < -0.4 is 19.5 Å². The molecule has 148 valence electrons. The summed E-state index contributed by atoms with van der Waals surface area (Å²) in [6.07, 6.45) is 0. The van der Waals surface area contributed by atoms with Gasteiger partial charge < -0.3 is 28.7 Å². The maximum atomic E-state index is 12.1. The Balaban J connectivity index is 1.25. The monoisotopic (exact) mass is 395 g/mol. The topological polar surface area (TPSA) is 96.2 Å². The summed E-state index contributed by atoms with van der Waals surface area (Å²) >= 11 is 0. The summed E-state index contributed by atoms with van der Waals surface area (Å²) in [6.45, 7) is -0.141. The lowest BCUT2D eigenvalue weighted by molar-refractivity contribution is -0.119. The molecule has 8 heteroatoms. The van der Waals surface area contributed by atoms with Gasteiger partial charge in [-0.15, -0.1) is 0 Å². The Morgan fingerprint density at radius 1 is 0.966 bits per heavy atom. The molecule has 1 aliphatic heterocycles. The number of esters is 1. The molecule has 4 rings (SSSR count). The molecule has 3 aromatic rings. The van der Waals surface area contributed by atoms with Gasteiger partial charge in [-0.05, 0) is 36.4 Å². The van der Waals surface area contributed by atoms with Gasteiger partial charge in [0.1, 0.15) is 18.1 Å². The van der Waals surface area contributed by atoms with Gasteiger partial charge in [0.2, 0.25) is 12.6 Å². The van der Waals surface area contributed by atoms with Crippen molar-refractivity contribution in [2.45, 2.75) is 6.61 Å². The molecule has 0 saturated carbocycles. The van der Waals surface area contributed by atoms with Crippen molar-refractivity contribution in [3.63, 3.8) is 0 Å². The Bertz CT molecular complexity index is 1010. The zero-order valence-corrected chi connectivity index (χ0v) is 15.3. The highest BCUT2D eigenvalue weighted by Gasteiger charge is 2.17. The van der Waals surface area contributed by atoms with Crippen LogP contribution in [0.2, 0.25) is 0 Å². The lowest BCUT2D eigenvalue weighted by atomic mass is 10.3. The maximum Gasteiger partial charge on any atom is 0.374 e. The maximum absolute atomic E-state index is 12.1. The van der Waals surface area contributed by atoms with Crippen LogP contribution in [-0.2, 0) is 16.1 Å². The van der Waals surface area contributed by atoms with E-state index in [0.29, 0.717) is 28.7 Å². The molecule has 1 amide bonds. The number of hydrogen-bond donors (Lipinski definition) is 1. The minimum absolute atomic E-state index is 0.00691. The smallest absolute Gasteiger partial charge is 0.374 e. The van der Waals surface area contributed by atoms with E-state index >= 15 is 0 Å². The number of ether oxygens (including phenoxy) is 4. The number of fused-ring (bicyclic) bond motifs is 1. The quantitative estimate of drug-likeness (QED) is 0.613. The van der Waals surface area contributed by atoms with Crippen molar-refractivity contribution in [3.05, 3.63) is 72.2 Å². The number of benzene rings is 2. The summed E-state index contributed by atoms with van der Waals surface area (Å²) in [5.41, 5.74) is 0.508. The van der Waals surface area contributed by atoms with Gasteiger partial charge in [0.05, 0.1) is 0 Å². The summed E-state index contributed by atoms with van der Waals surface area (Å²) < 4.78 is 26.4. The summed E-state index contributed by atoms with van der Waals surface area (Å²) in [5.74, 6) is 1.07. The number of hydrogen-bond acceptors (Lipinski definition) is 7. The highest BCUT2D eigenvalue weighted by Crippen LogP contribution is 2.34. The van der Waals surface area contributed by atoms with Crippen molar-refractivity contribution in [1.29, 1.82) is 0 Å². The third kappa shape index (κ3) is 4.67. The number of furan rings is 1. The van der Waals surface area contributed by atoms with Crippen LogP contribution >= 0.6 is 0 Å². The molecule has 0 bridgehead atoms. The number of rotatable bonds is 7. The van der Waals surface area contributed by atoms with E-state index in [9.17, 15) is 9.59 Å². The summed E-state index contributed by atoms with van der Waals surface area (Å²) in [6, 6.07) is 17.3. The van der Waals surface area contributed by atoms with E-state index in [4.69, 9.17) is 23.4 Å². The molecule has 29 heavy (non-hydrogen) atoms. The number of anilines is 1. The predicted molar refractivity (Wildman–Crippen MR) is 101 cm³/mol. The van der Waals surface area contributed by atoms with Gasteiger partial charge in [0.15, 0.2) is 18.1 Å². The van der Waals surface area contributed by atoms with Crippen molar-refractivity contribution < 1.29 is 33.0 Å². The third-order valence-corrected chi connectivity index (χ3v) is 3.98. The van der Waals surface area contributed by atoms with Crippen LogP contribution in [0, 0.1) is 0 Å². The van der Waals surface area contributed by atoms with E-state index in [-0.39, 0.29) is 19.2 Å². The fourth-order valence-electron chi connectivity index (χ4n) is 2.61. The van der Waals surface area contributed by atoms with E-state index in [0.717, 1.165) is 0 Å². The molecule has 0 fully saturated rings. The van der Waals surface area contributed by atoms with Crippen LogP contribution in [0.5, 0.6) is 17.2 Å². The molecular formula is C21H17NO7. The van der Waals surface area contributed by atoms with Gasteiger partial charge in [-0.3, -0.25) is 4.79 Å². The number of nitrogens with one attached hydrogen (secondary N) is 1. The van der Waals surface area contributed by atoms with Gasteiger partial charge in [-0.25, -0.2) is 4.79 Å². The first kappa shape index (κ1) is 18.4. The summed E-state index contributed by atoms with van der Waals surface area (Å²) in [5, 5.41) is 2.62. The van der Waals surface area contributed by atoms with E-state index < -0.39 is 18.5 Å². The molecule has 0 aliphatic carbocycles. The van der Waals surface area contributed by atoms with Gasteiger partial charge in [-0.2, -0.15) is 0 Å². The second kappa shape index (κ2) is 8.39. The van der Waals surface area contributed by atoms with Crippen molar-refractivity contribution in [3.8, 4) is 17.2 Å². The highest BCUT2D eigenvalue weighted by molar-refractivity contribution is 5.94. The van der Waals surface area contributed by atoms with Crippen LogP contribution in [-0.4, -0.2) is 25.3 Å². The van der Waals surface area contributed by atoms with Crippen LogP contribution in [0.4, 0.5) is 5.69 Å².